The van der Waals surface area contributed by atoms with E-state index in [2.05, 4.69) is 30.5 Å². The number of phosphoric acid groups is 1. The van der Waals surface area contributed by atoms with Crippen LogP contribution in [0.15, 0.2) is 12.2 Å². The van der Waals surface area contributed by atoms with Crippen molar-refractivity contribution in [3.63, 3.8) is 0 Å². The van der Waals surface area contributed by atoms with Gasteiger partial charge < -0.3 is 19.3 Å². The van der Waals surface area contributed by atoms with Gasteiger partial charge in [-0.2, -0.15) is 0 Å². The summed E-state index contributed by atoms with van der Waals surface area (Å²) in [4.78, 5) is 43.0. The van der Waals surface area contributed by atoms with Crippen molar-refractivity contribution in [1.29, 1.82) is 0 Å². The van der Waals surface area contributed by atoms with Crippen LogP contribution in [0.2, 0.25) is 0 Å². The van der Waals surface area contributed by atoms with E-state index in [1.807, 2.05) is 0 Å². The summed E-state index contributed by atoms with van der Waals surface area (Å²) in [5.41, 5.74) is 0. The van der Waals surface area contributed by atoms with Gasteiger partial charge in [0.25, 0.3) is 0 Å². The number of hydrogen-bond donors (Lipinski definition) is 2. The number of esters is 2. The average Bonchev–Trinajstić information content (AvgIpc) is 3.16. The number of hydrogen-bond acceptors (Lipinski definition) is 6. The lowest BCUT2D eigenvalue weighted by Crippen LogP contribution is -2.29. The number of ether oxygens (including phenoxy) is 2. The summed E-state index contributed by atoms with van der Waals surface area (Å²) in [6.07, 6.45) is 47.9. The third-order valence-corrected chi connectivity index (χ3v) is 11.0. The molecule has 1 atom stereocenters. The lowest BCUT2D eigenvalue weighted by atomic mass is 10.0. The predicted octanol–water partition coefficient (Wildman–Crippen LogP) is 14.6. The minimum Gasteiger partial charge on any atom is -0.462 e. The Morgan fingerprint density at radius 3 is 1.13 bits per heavy atom. The number of allylic oxidation sites excluding steroid dienone is 2. The van der Waals surface area contributed by atoms with Crippen LogP contribution in [-0.4, -0.2) is 41.0 Å². The Hall–Kier alpha value is -1.21. The SMILES string of the molecule is CCCCCC/C=C/CCCCCCCCCCCC(=O)OC[C@H](COP(=O)(O)O)OC(=O)CCCCCCCCCCCCCCCCCCCCCC. The highest BCUT2D eigenvalue weighted by molar-refractivity contribution is 7.46. The fraction of sp³-hybridized carbons (Fsp3) is 0.913. The summed E-state index contributed by atoms with van der Waals surface area (Å²) in [6.45, 7) is 3.72. The van der Waals surface area contributed by atoms with Gasteiger partial charge in [0.05, 0.1) is 6.61 Å². The van der Waals surface area contributed by atoms with Crippen molar-refractivity contribution in [1.82, 2.24) is 0 Å². The highest BCUT2D eigenvalue weighted by Crippen LogP contribution is 2.36. The molecule has 0 spiro atoms. The van der Waals surface area contributed by atoms with Crippen LogP contribution < -0.4 is 0 Å². The monoisotopic (exact) mass is 801 g/mol. The summed E-state index contributed by atoms with van der Waals surface area (Å²) >= 11 is 0. The molecule has 0 fully saturated rings. The molecule has 9 heteroatoms. The van der Waals surface area contributed by atoms with Gasteiger partial charge in [-0.3, -0.25) is 14.1 Å². The van der Waals surface area contributed by atoms with Gasteiger partial charge in [-0.25, -0.2) is 4.57 Å². The van der Waals surface area contributed by atoms with E-state index >= 15 is 0 Å². The minimum absolute atomic E-state index is 0.218. The Morgan fingerprint density at radius 2 is 0.764 bits per heavy atom. The molecule has 0 bridgehead atoms. The minimum atomic E-state index is -4.75. The molecule has 55 heavy (non-hydrogen) atoms. The number of carbonyl (C=O) groups is 2. The van der Waals surface area contributed by atoms with Crippen molar-refractivity contribution >= 4 is 19.8 Å². The molecular weight excluding hydrogens is 711 g/mol. The maximum absolute atomic E-state index is 12.4. The molecule has 8 nitrogen and oxygen atoms in total. The average molecular weight is 801 g/mol. The van der Waals surface area contributed by atoms with Gasteiger partial charge in [-0.15, -0.1) is 0 Å². The van der Waals surface area contributed by atoms with E-state index in [9.17, 15) is 14.2 Å². The van der Waals surface area contributed by atoms with Crippen LogP contribution in [-0.2, 0) is 28.2 Å². The molecule has 0 radical (unpaired) electrons. The fourth-order valence-corrected chi connectivity index (χ4v) is 7.38. The maximum atomic E-state index is 12.4. The standard InChI is InChI=1S/C46H89O8P/c1-3-5-7-9-11-13-15-17-19-21-22-23-25-27-29-31-33-35-37-39-41-46(48)54-44(43-53-55(49,50)51)42-52-45(47)40-38-36-34-32-30-28-26-24-20-18-16-14-12-10-8-6-4-2/h14,16,44H,3-13,15,17-43H2,1-2H3,(H2,49,50,51)/b16-14+/t44-/m1/s1. The zero-order chi connectivity index (χ0) is 40.3. The molecule has 0 heterocycles. The normalized spacial score (nSPS) is 12.4. The summed E-state index contributed by atoms with van der Waals surface area (Å²) in [6, 6.07) is 0. The molecule has 0 aromatic rings. The second kappa shape index (κ2) is 42.4. The molecule has 326 valence electrons. The van der Waals surface area contributed by atoms with E-state index in [0.717, 1.165) is 32.1 Å². The molecule has 0 aliphatic carbocycles. The Kier molecular flexibility index (Phi) is 41.5. The third-order valence-electron chi connectivity index (χ3n) is 10.5. The summed E-state index contributed by atoms with van der Waals surface area (Å²) in [5.74, 6) is -0.871. The zero-order valence-corrected chi connectivity index (χ0v) is 37.0. The quantitative estimate of drug-likeness (QED) is 0.0271. The van der Waals surface area contributed by atoms with Crippen molar-refractivity contribution < 1.29 is 37.9 Å². The molecule has 0 aromatic heterocycles. The van der Waals surface area contributed by atoms with E-state index in [1.54, 1.807) is 0 Å². The van der Waals surface area contributed by atoms with E-state index in [1.165, 1.54) is 186 Å². The third kappa shape index (κ3) is 45.4. The Bertz CT molecular complexity index is 904. The van der Waals surface area contributed by atoms with E-state index in [-0.39, 0.29) is 19.4 Å². The largest absolute Gasteiger partial charge is 0.469 e. The van der Waals surface area contributed by atoms with Gasteiger partial charge in [0.1, 0.15) is 6.61 Å². The number of phosphoric ester groups is 1. The van der Waals surface area contributed by atoms with Crippen molar-refractivity contribution in [2.45, 2.75) is 258 Å². The molecule has 2 N–H and O–H groups in total. The van der Waals surface area contributed by atoms with Gasteiger partial charge in [0, 0.05) is 12.8 Å². The number of unbranched alkanes of at least 4 members (excludes halogenated alkanes) is 32. The molecule has 0 saturated carbocycles. The molecule has 0 aromatic carbocycles. The number of rotatable bonds is 44. The van der Waals surface area contributed by atoms with E-state index in [0.29, 0.717) is 6.42 Å². The zero-order valence-electron chi connectivity index (χ0n) is 36.1. The lowest BCUT2D eigenvalue weighted by Gasteiger charge is -2.18. The van der Waals surface area contributed by atoms with Crippen LogP contribution >= 0.6 is 7.82 Å². The first kappa shape index (κ1) is 53.8. The van der Waals surface area contributed by atoms with Crippen LogP contribution in [0.4, 0.5) is 0 Å². The first-order valence-electron chi connectivity index (χ1n) is 23.5. The smallest absolute Gasteiger partial charge is 0.462 e. The summed E-state index contributed by atoms with van der Waals surface area (Å²) < 4.78 is 26.5. The van der Waals surface area contributed by atoms with Gasteiger partial charge in [0.15, 0.2) is 6.10 Å². The molecular formula is C46H89O8P. The van der Waals surface area contributed by atoms with Gasteiger partial charge in [0.2, 0.25) is 0 Å². The van der Waals surface area contributed by atoms with Crippen LogP contribution in [0.5, 0.6) is 0 Å². The lowest BCUT2D eigenvalue weighted by molar-refractivity contribution is -0.161. The van der Waals surface area contributed by atoms with E-state index < -0.39 is 32.5 Å². The maximum Gasteiger partial charge on any atom is 0.469 e. The molecule has 0 aliphatic heterocycles. The second-order valence-electron chi connectivity index (χ2n) is 16.1. The number of carbonyl (C=O) groups excluding carboxylic acids is 2. The highest BCUT2D eigenvalue weighted by atomic mass is 31.2. The first-order valence-corrected chi connectivity index (χ1v) is 25.0. The van der Waals surface area contributed by atoms with Crippen molar-refractivity contribution in [3.05, 3.63) is 12.2 Å². The van der Waals surface area contributed by atoms with Crippen LogP contribution in [0, 0.1) is 0 Å². The first-order chi connectivity index (χ1) is 26.8. The predicted molar refractivity (Wildman–Crippen MR) is 230 cm³/mol. The topological polar surface area (TPSA) is 119 Å². The Labute approximate surface area is 339 Å². The van der Waals surface area contributed by atoms with Crippen molar-refractivity contribution in [2.24, 2.45) is 0 Å². The highest BCUT2D eigenvalue weighted by Gasteiger charge is 2.23. The molecule has 0 amide bonds. The molecule has 0 unspecified atom stereocenters. The summed E-state index contributed by atoms with van der Waals surface area (Å²) in [5, 5.41) is 0. The summed E-state index contributed by atoms with van der Waals surface area (Å²) in [7, 11) is -4.75. The Morgan fingerprint density at radius 1 is 0.455 bits per heavy atom. The van der Waals surface area contributed by atoms with Gasteiger partial charge in [-0.05, 0) is 38.5 Å². The second-order valence-corrected chi connectivity index (χ2v) is 17.3. The van der Waals surface area contributed by atoms with Crippen LogP contribution in [0.1, 0.15) is 251 Å². The van der Waals surface area contributed by atoms with Crippen molar-refractivity contribution in [2.75, 3.05) is 13.2 Å². The van der Waals surface area contributed by atoms with Crippen LogP contribution in [0.3, 0.4) is 0 Å². The van der Waals surface area contributed by atoms with Crippen molar-refractivity contribution in [3.8, 4) is 0 Å². The molecule has 0 saturated heterocycles. The molecule has 0 aliphatic rings. The molecule has 0 rings (SSSR count). The van der Waals surface area contributed by atoms with Gasteiger partial charge in [-0.1, -0.05) is 212 Å². The van der Waals surface area contributed by atoms with E-state index in [4.69, 9.17) is 19.3 Å². The fourth-order valence-electron chi connectivity index (χ4n) is 7.02. The van der Waals surface area contributed by atoms with Gasteiger partial charge >= 0.3 is 19.8 Å². The Balaban J connectivity index is 3.81. The van der Waals surface area contributed by atoms with Crippen LogP contribution in [0.25, 0.3) is 0 Å².